The molecule has 0 spiro atoms. The highest BCUT2D eigenvalue weighted by Gasteiger charge is 2.24. The lowest BCUT2D eigenvalue weighted by atomic mass is 10.0. The molecule has 0 aliphatic carbocycles. The van der Waals surface area contributed by atoms with Crippen LogP contribution in [-0.2, 0) is 15.8 Å². The van der Waals surface area contributed by atoms with Gasteiger partial charge in [0.15, 0.2) is 11.5 Å². The fourth-order valence-corrected chi connectivity index (χ4v) is 5.36. The first-order valence-corrected chi connectivity index (χ1v) is 12.5. The fraction of sp³-hybridized carbons (Fsp3) is 0.286. The van der Waals surface area contributed by atoms with Crippen molar-refractivity contribution < 1.29 is 13.5 Å². The van der Waals surface area contributed by atoms with Crippen molar-refractivity contribution in [2.75, 3.05) is 26.5 Å². The zero-order valence-corrected chi connectivity index (χ0v) is 19.1. The summed E-state index contributed by atoms with van der Waals surface area (Å²) in [5, 5.41) is 24.4. The van der Waals surface area contributed by atoms with E-state index in [1.54, 1.807) is 35.3 Å². The van der Waals surface area contributed by atoms with Gasteiger partial charge in [-0.2, -0.15) is 25.7 Å². The predicted molar refractivity (Wildman–Crippen MR) is 123 cm³/mol. The Morgan fingerprint density at radius 1 is 1.13 bits per heavy atom. The van der Waals surface area contributed by atoms with Crippen molar-refractivity contribution in [1.82, 2.24) is 24.1 Å². The van der Waals surface area contributed by atoms with Gasteiger partial charge in [-0.15, -0.1) is 10.2 Å². The van der Waals surface area contributed by atoms with Crippen LogP contribution < -0.4 is 0 Å². The molecule has 0 radical (unpaired) electrons. The number of aryl methyl sites for hydroxylation is 1. The van der Waals surface area contributed by atoms with E-state index in [-0.39, 0.29) is 18.0 Å². The van der Waals surface area contributed by atoms with Crippen molar-refractivity contribution >= 4 is 38.2 Å². The van der Waals surface area contributed by atoms with Crippen LogP contribution in [0, 0.1) is 6.92 Å². The zero-order chi connectivity index (χ0) is 22.2. The molecule has 0 atom stereocenters. The average Bonchev–Trinajstić information content (AvgIpc) is 3.17. The Kier molecular flexibility index (Phi) is 5.98. The molecule has 31 heavy (non-hydrogen) atoms. The monoisotopic (exact) mass is 457 g/mol. The first-order chi connectivity index (χ1) is 14.9. The standard InChI is InChI=1S/C21H23N5O3S2/c1-14-8-9-15(12-18(14)31(28,29)25(2)10-11-27)20-16-6-4-5-7-17(16)21-23-22-19(13-30-3)26(21)24-20/h4-9,12,27H,10-11,13H2,1-3H3. The molecule has 0 saturated heterocycles. The summed E-state index contributed by atoms with van der Waals surface area (Å²) in [7, 11) is -2.29. The number of aromatic nitrogens is 4. The summed E-state index contributed by atoms with van der Waals surface area (Å²) < 4.78 is 29.0. The molecule has 4 rings (SSSR count). The zero-order valence-electron chi connectivity index (χ0n) is 17.5. The van der Waals surface area contributed by atoms with Crippen LogP contribution in [0.4, 0.5) is 0 Å². The quantitative estimate of drug-likeness (QED) is 0.455. The molecule has 1 N–H and O–H groups in total. The Morgan fingerprint density at radius 3 is 2.58 bits per heavy atom. The topological polar surface area (TPSA) is 101 Å². The molecule has 0 aliphatic rings. The summed E-state index contributed by atoms with van der Waals surface area (Å²) in [6.45, 7) is 1.54. The Hall–Kier alpha value is -2.53. The number of thioether (sulfide) groups is 1. The molecule has 2 aromatic heterocycles. The van der Waals surface area contributed by atoms with E-state index in [9.17, 15) is 13.5 Å². The summed E-state index contributed by atoms with van der Waals surface area (Å²) >= 11 is 1.63. The molecule has 4 aromatic rings. The summed E-state index contributed by atoms with van der Waals surface area (Å²) in [4.78, 5) is 0.194. The van der Waals surface area contributed by atoms with E-state index in [0.717, 1.165) is 20.9 Å². The van der Waals surface area contributed by atoms with Crippen molar-refractivity contribution in [3.8, 4) is 11.3 Å². The smallest absolute Gasteiger partial charge is 0.243 e. The normalized spacial score (nSPS) is 12.3. The third-order valence-electron chi connectivity index (χ3n) is 5.17. The second-order valence-corrected chi connectivity index (χ2v) is 10.1. The SMILES string of the molecule is CSCc1nnc2c3ccccc3c(-c3ccc(C)c(S(=O)(=O)N(C)CCO)c3)nn12. The molecule has 10 heteroatoms. The Labute approximate surface area is 185 Å². The van der Waals surface area contributed by atoms with E-state index >= 15 is 0 Å². The summed E-state index contributed by atoms with van der Waals surface area (Å²) in [5.74, 6) is 1.39. The minimum atomic E-state index is -3.75. The number of likely N-dealkylation sites (N-methyl/N-ethyl adjacent to an activating group) is 1. The van der Waals surface area contributed by atoms with E-state index in [1.807, 2.05) is 36.6 Å². The van der Waals surface area contributed by atoms with Crippen LogP contribution in [0.15, 0.2) is 47.4 Å². The van der Waals surface area contributed by atoms with Gasteiger partial charge in [0, 0.05) is 29.9 Å². The number of benzene rings is 2. The molecule has 0 saturated carbocycles. The van der Waals surface area contributed by atoms with Crippen LogP contribution >= 0.6 is 11.8 Å². The van der Waals surface area contributed by atoms with Gasteiger partial charge in [-0.05, 0) is 24.8 Å². The minimum Gasteiger partial charge on any atom is -0.395 e. The van der Waals surface area contributed by atoms with E-state index in [0.29, 0.717) is 28.2 Å². The largest absolute Gasteiger partial charge is 0.395 e. The first-order valence-electron chi connectivity index (χ1n) is 9.68. The molecule has 0 fully saturated rings. The van der Waals surface area contributed by atoms with Crippen molar-refractivity contribution in [3.63, 3.8) is 0 Å². The number of rotatable bonds is 7. The molecular weight excluding hydrogens is 434 g/mol. The lowest BCUT2D eigenvalue weighted by molar-refractivity contribution is 0.266. The third-order valence-corrected chi connectivity index (χ3v) is 7.71. The third kappa shape index (κ3) is 3.80. The van der Waals surface area contributed by atoms with E-state index < -0.39 is 10.0 Å². The second-order valence-electron chi connectivity index (χ2n) is 7.21. The first kappa shape index (κ1) is 21.7. The van der Waals surface area contributed by atoms with Gasteiger partial charge in [-0.1, -0.05) is 36.4 Å². The van der Waals surface area contributed by atoms with Crippen LogP contribution in [0.2, 0.25) is 0 Å². The van der Waals surface area contributed by atoms with Crippen LogP contribution in [0.1, 0.15) is 11.4 Å². The number of sulfonamides is 1. The fourth-order valence-electron chi connectivity index (χ4n) is 3.51. The maximum atomic E-state index is 13.1. The number of aliphatic hydroxyl groups excluding tert-OH is 1. The van der Waals surface area contributed by atoms with Gasteiger partial charge in [0.05, 0.1) is 22.9 Å². The van der Waals surface area contributed by atoms with Crippen molar-refractivity contribution in [3.05, 3.63) is 53.9 Å². The maximum absolute atomic E-state index is 13.1. The maximum Gasteiger partial charge on any atom is 0.243 e. The van der Waals surface area contributed by atoms with Crippen LogP contribution in [0.3, 0.4) is 0 Å². The van der Waals surface area contributed by atoms with Crippen molar-refractivity contribution in [2.24, 2.45) is 0 Å². The van der Waals surface area contributed by atoms with E-state index in [2.05, 4.69) is 10.2 Å². The molecule has 0 unspecified atom stereocenters. The molecular formula is C21H23N5O3S2. The Balaban J connectivity index is 1.97. The van der Waals surface area contributed by atoms with Crippen molar-refractivity contribution in [2.45, 2.75) is 17.6 Å². The highest BCUT2D eigenvalue weighted by Crippen LogP contribution is 2.32. The highest BCUT2D eigenvalue weighted by molar-refractivity contribution is 7.97. The van der Waals surface area contributed by atoms with Gasteiger partial charge in [0.2, 0.25) is 10.0 Å². The predicted octanol–water partition coefficient (Wildman–Crippen LogP) is 2.73. The molecule has 2 heterocycles. The van der Waals surface area contributed by atoms with Gasteiger partial charge < -0.3 is 5.11 Å². The van der Waals surface area contributed by atoms with E-state index in [1.165, 1.54) is 7.05 Å². The second kappa shape index (κ2) is 8.54. The molecule has 8 nitrogen and oxygen atoms in total. The molecule has 0 amide bonds. The minimum absolute atomic E-state index is 0.0257. The van der Waals surface area contributed by atoms with Crippen LogP contribution in [-0.4, -0.2) is 64.1 Å². The number of nitrogens with zero attached hydrogens (tertiary/aromatic N) is 5. The highest BCUT2D eigenvalue weighted by atomic mass is 32.2. The lowest BCUT2D eigenvalue weighted by Gasteiger charge is -2.18. The lowest BCUT2D eigenvalue weighted by Crippen LogP contribution is -2.30. The average molecular weight is 458 g/mol. The van der Waals surface area contributed by atoms with Gasteiger partial charge in [-0.25, -0.2) is 8.42 Å². The van der Waals surface area contributed by atoms with Gasteiger partial charge in [0.1, 0.15) is 0 Å². The Bertz CT molecular complexity index is 1370. The van der Waals surface area contributed by atoms with Crippen LogP contribution in [0.25, 0.3) is 27.7 Å². The molecule has 162 valence electrons. The van der Waals surface area contributed by atoms with E-state index in [4.69, 9.17) is 5.10 Å². The van der Waals surface area contributed by atoms with Crippen molar-refractivity contribution in [1.29, 1.82) is 0 Å². The van der Waals surface area contributed by atoms with Gasteiger partial charge in [0.25, 0.3) is 0 Å². The van der Waals surface area contributed by atoms with Gasteiger partial charge >= 0.3 is 0 Å². The van der Waals surface area contributed by atoms with Gasteiger partial charge in [-0.3, -0.25) is 0 Å². The number of hydrogen-bond acceptors (Lipinski definition) is 7. The molecule has 0 aliphatic heterocycles. The number of aliphatic hydroxyl groups is 1. The Morgan fingerprint density at radius 2 is 1.87 bits per heavy atom. The summed E-state index contributed by atoms with van der Waals surface area (Å²) in [6.07, 6.45) is 1.99. The summed E-state index contributed by atoms with van der Waals surface area (Å²) in [6, 6.07) is 13.1. The number of fused-ring (bicyclic) bond motifs is 3. The molecule has 2 aromatic carbocycles. The van der Waals surface area contributed by atoms with Crippen LogP contribution in [0.5, 0.6) is 0 Å². The summed E-state index contributed by atoms with van der Waals surface area (Å²) in [5.41, 5.74) is 2.65. The molecule has 0 bridgehead atoms. The number of hydrogen-bond donors (Lipinski definition) is 1.